The summed E-state index contributed by atoms with van der Waals surface area (Å²) in [5, 5.41) is 3.17. The number of hydrogen-bond acceptors (Lipinski definition) is 3. The van der Waals surface area contributed by atoms with Gasteiger partial charge in [0.25, 0.3) is 0 Å². The fourth-order valence-corrected chi connectivity index (χ4v) is 3.07. The molecule has 4 nitrogen and oxygen atoms in total. The summed E-state index contributed by atoms with van der Waals surface area (Å²) in [4.78, 5) is 0. The summed E-state index contributed by atoms with van der Waals surface area (Å²) in [6.45, 7) is 1.59. The van der Waals surface area contributed by atoms with E-state index in [0.29, 0.717) is 12.6 Å². The Hall–Kier alpha value is -0.130. The number of nitrogens with one attached hydrogen (secondary N) is 2. The smallest absolute Gasteiger partial charge is 0.214 e. The van der Waals surface area contributed by atoms with Crippen molar-refractivity contribution in [2.24, 2.45) is 0 Å². The lowest BCUT2D eigenvalue weighted by molar-refractivity contribution is 0.551. The van der Waals surface area contributed by atoms with Crippen molar-refractivity contribution in [3.63, 3.8) is 0 Å². The maximum Gasteiger partial charge on any atom is 0.214 e. The van der Waals surface area contributed by atoms with Crippen LogP contribution >= 0.6 is 0 Å². The van der Waals surface area contributed by atoms with Gasteiger partial charge in [-0.1, -0.05) is 0 Å². The van der Waals surface area contributed by atoms with Gasteiger partial charge in [0.2, 0.25) is 10.0 Å². The minimum absolute atomic E-state index is 0.0890. The summed E-state index contributed by atoms with van der Waals surface area (Å²) in [7, 11) is -2.96. The molecule has 13 heavy (non-hydrogen) atoms. The summed E-state index contributed by atoms with van der Waals surface area (Å²) in [6.07, 6.45) is 3.93. The molecule has 2 aliphatic rings. The summed E-state index contributed by atoms with van der Waals surface area (Å²) >= 11 is 0. The van der Waals surface area contributed by atoms with Gasteiger partial charge in [0.15, 0.2) is 0 Å². The minimum atomic E-state index is -2.96. The Balaban J connectivity index is 1.77. The van der Waals surface area contributed by atoms with Gasteiger partial charge in [0, 0.05) is 12.6 Å². The molecule has 2 fully saturated rings. The highest BCUT2D eigenvalue weighted by atomic mass is 32.2. The van der Waals surface area contributed by atoms with Crippen LogP contribution < -0.4 is 10.0 Å². The SMILES string of the molecule is O=S(=O)(NC[C@@H]1CCCN1)C1CC1. The molecular formula is C8H16N2O2S. The van der Waals surface area contributed by atoms with Crippen LogP contribution in [0.1, 0.15) is 25.7 Å². The van der Waals surface area contributed by atoms with Gasteiger partial charge < -0.3 is 5.32 Å². The molecule has 0 spiro atoms. The fraction of sp³-hybridized carbons (Fsp3) is 1.00. The van der Waals surface area contributed by atoms with Crippen LogP contribution in [-0.2, 0) is 10.0 Å². The molecule has 1 atom stereocenters. The fourth-order valence-electron chi connectivity index (χ4n) is 1.64. The van der Waals surface area contributed by atoms with E-state index in [0.717, 1.165) is 32.2 Å². The third-order valence-electron chi connectivity index (χ3n) is 2.66. The average Bonchev–Trinajstić information content (AvgIpc) is 2.82. The lowest BCUT2D eigenvalue weighted by Crippen LogP contribution is -2.38. The molecule has 0 amide bonds. The molecule has 1 saturated carbocycles. The molecule has 1 aliphatic carbocycles. The van der Waals surface area contributed by atoms with Gasteiger partial charge in [0.05, 0.1) is 5.25 Å². The van der Waals surface area contributed by atoms with Crippen molar-refractivity contribution in [1.82, 2.24) is 10.0 Å². The van der Waals surface area contributed by atoms with Gasteiger partial charge in [-0.3, -0.25) is 0 Å². The molecule has 2 rings (SSSR count). The highest BCUT2D eigenvalue weighted by molar-refractivity contribution is 7.90. The molecule has 76 valence electrons. The molecule has 2 N–H and O–H groups in total. The third-order valence-corrected chi connectivity index (χ3v) is 4.57. The van der Waals surface area contributed by atoms with Crippen molar-refractivity contribution in [2.45, 2.75) is 37.0 Å². The lowest BCUT2D eigenvalue weighted by Gasteiger charge is -2.11. The topological polar surface area (TPSA) is 58.2 Å². The maximum absolute atomic E-state index is 11.4. The van der Waals surface area contributed by atoms with E-state index in [2.05, 4.69) is 10.0 Å². The van der Waals surface area contributed by atoms with Crippen molar-refractivity contribution < 1.29 is 8.42 Å². The first-order valence-corrected chi connectivity index (χ1v) is 6.45. The summed E-state index contributed by atoms with van der Waals surface area (Å²) in [5.41, 5.74) is 0. The lowest BCUT2D eigenvalue weighted by atomic mass is 10.2. The van der Waals surface area contributed by atoms with E-state index in [9.17, 15) is 8.42 Å². The Bertz CT molecular complexity index is 266. The largest absolute Gasteiger partial charge is 0.313 e. The summed E-state index contributed by atoms with van der Waals surface area (Å²) in [5.74, 6) is 0. The Kier molecular flexibility index (Phi) is 2.58. The molecule has 0 unspecified atom stereocenters. The first-order valence-electron chi connectivity index (χ1n) is 4.90. The zero-order chi connectivity index (χ0) is 9.31. The Morgan fingerprint density at radius 1 is 1.31 bits per heavy atom. The van der Waals surface area contributed by atoms with Gasteiger partial charge in [0.1, 0.15) is 0 Å². The highest BCUT2D eigenvalue weighted by Gasteiger charge is 2.35. The van der Waals surface area contributed by atoms with Crippen LogP contribution in [0.2, 0.25) is 0 Å². The average molecular weight is 204 g/mol. The number of rotatable bonds is 4. The van der Waals surface area contributed by atoms with Crippen LogP contribution in [-0.4, -0.2) is 32.8 Å². The molecule has 5 heteroatoms. The molecule has 0 aromatic carbocycles. The van der Waals surface area contributed by atoms with E-state index in [1.54, 1.807) is 0 Å². The van der Waals surface area contributed by atoms with Crippen molar-refractivity contribution in [3.05, 3.63) is 0 Å². The zero-order valence-electron chi connectivity index (χ0n) is 7.62. The van der Waals surface area contributed by atoms with Crippen LogP contribution in [0.4, 0.5) is 0 Å². The molecule has 0 aromatic rings. The van der Waals surface area contributed by atoms with E-state index < -0.39 is 10.0 Å². The van der Waals surface area contributed by atoms with Gasteiger partial charge in [-0.2, -0.15) is 0 Å². The Morgan fingerprint density at radius 2 is 2.08 bits per heavy atom. The highest BCUT2D eigenvalue weighted by Crippen LogP contribution is 2.27. The van der Waals surface area contributed by atoms with Crippen LogP contribution in [0.25, 0.3) is 0 Å². The third kappa shape index (κ3) is 2.42. The normalized spacial score (nSPS) is 29.4. The van der Waals surface area contributed by atoms with Gasteiger partial charge >= 0.3 is 0 Å². The number of sulfonamides is 1. The predicted octanol–water partition coefficient (Wildman–Crippen LogP) is -0.180. The van der Waals surface area contributed by atoms with Gasteiger partial charge in [-0.15, -0.1) is 0 Å². The van der Waals surface area contributed by atoms with Crippen molar-refractivity contribution in [1.29, 1.82) is 0 Å². The van der Waals surface area contributed by atoms with Crippen LogP contribution in [0, 0.1) is 0 Å². The summed E-state index contributed by atoms with van der Waals surface area (Å²) in [6, 6.07) is 0.355. The molecule has 1 saturated heterocycles. The first kappa shape index (κ1) is 9.43. The quantitative estimate of drug-likeness (QED) is 0.668. The monoisotopic (exact) mass is 204 g/mol. The molecular weight excluding hydrogens is 188 g/mol. The second-order valence-corrected chi connectivity index (χ2v) is 5.93. The maximum atomic E-state index is 11.4. The van der Waals surface area contributed by atoms with Gasteiger partial charge in [-0.05, 0) is 32.2 Å². The van der Waals surface area contributed by atoms with Crippen molar-refractivity contribution in [3.8, 4) is 0 Å². The Morgan fingerprint density at radius 3 is 2.62 bits per heavy atom. The summed E-state index contributed by atoms with van der Waals surface area (Å²) < 4.78 is 25.5. The van der Waals surface area contributed by atoms with Crippen molar-refractivity contribution in [2.75, 3.05) is 13.1 Å². The molecule has 0 bridgehead atoms. The second kappa shape index (κ2) is 3.55. The van der Waals surface area contributed by atoms with E-state index in [4.69, 9.17) is 0 Å². The molecule has 0 aromatic heterocycles. The molecule has 0 radical (unpaired) electrons. The van der Waals surface area contributed by atoms with E-state index in [-0.39, 0.29) is 5.25 Å². The minimum Gasteiger partial charge on any atom is -0.313 e. The Labute approximate surface area is 79.1 Å². The van der Waals surface area contributed by atoms with E-state index in [1.807, 2.05) is 0 Å². The molecule has 1 heterocycles. The van der Waals surface area contributed by atoms with Crippen LogP contribution in [0.15, 0.2) is 0 Å². The molecule has 1 aliphatic heterocycles. The van der Waals surface area contributed by atoms with Gasteiger partial charge in [-0.25, -0.2) is 13.1 Å². The predicted molar refractivity (Wildman–Crippen MR) is 51.0 cm³/mol. The second-order valence-electron chi connectivity index (χ2n) is 3.89. The van der Waals surface area contributed by atoms with Crippen molar-refractivity contribution >= 4 is 10.0 Å². The number of hydrogen-bond donors (Lipinski definition) is 2. The van der Waals surface area contributed by atoms with E-state index in [1.165, 1.54) is 0 Å². The van der Waals surface area contributed by atoms with Crippen LogP contribution in [0.5, 0.6) is 0 Å². The van der Waals surface area contributed by atoms with E-state index >= 15 is 0 Å². The standard InChI is InChI=1S/C8H16N2O2S/c11-13(12,8-3-4-8)10-6-7-2-1-5-9-7/h7-10H,1-6H2/t7-/m0/s1. The van der Waals surface area contributed by atoms with Crippen LogP contribution in [0.3, 0.4) is 0 Å². The first-order chi connectivity index (χ1) is 6.18. The zero-order valence-corrected chi connectivity index (χ0v) is 8.44.